The van der Waals surface area contributed by atoms with Crippen LogP contribution in [0.1, 0.15) is 66.8 Å². The van der Waals surface area contributed by atoms with Crippen molar-refractivity contribution in [2.45, 2.75) is 69.9 Å². The third-order valence-corrected chi connectivity index (χ3v) is 8.03. The van der Waals surface area contributed by atoms with Gasteiger partial charge in [0.05, 0.1) is 24.9 Å². The second kappa shape index (κ2) is 14.7. The molecule has 0 spiro atoms. The summed E-state index contributed by atoms with van der Waals surface area (Å²) in [5.74, 6) is -1.07. The maximum absolute atomic E-state index is 12.1. The fourth-order valence-corrected chi connectivity index (χ4v) is 5.71. The van der Waals surface area contributed by atoms with Crippen LogP contribution in [0.15, 0.2) is 72.8 Å². The fraction of sp³-hybridized carbons (Fsp3) is 0.412. The average Bonchev–Trinajstić information content (AvgIpc) is 3.44. The Balaban J connectivity index is 1.30. The van der Waals surface area contributed by atoms with Gasteiger partial charge in [0, 0.05) is 51.0 Å². The van der Waals surface area contributed by atoms with E-state index in [0.29, 0.717) is 32.5 Å². The number of β-amino-alcohol motifs (C(OH)–C–C–N with tert-alkyl or cyclic N) is 1. The van der Waals surface area contributed by atoms with E-state index >= 15 is 0 Å². The zero-order valence-corrected chi connectivity index (χ0v) is 24.2. The number of carboxylic acids is 1. The van der Waals surface area contributed by atoms with Crippen molar-refractivity contribution in [1.29, 1.82) is 0 Å². The summed E-state index contributed by atoms with van der Waals surface area (Å²) in [5, 5.41) is 31.2. The largest absolute Gasteiger partial charge is 0.481 e. The third kappa shape index (κ3) is 8.72. The number of aliphatic hydroxyl groups excluding tert-OH is 2. The summed E-state index contributed by atoms with van der Waals surface area (Å²) in [6, 6.07) is 23.9. The Hall–Kier alpha value is -3.60. The standard InChI is InChI=1S/C34H40N2O7/c37-22-23-10-12-25(13-11-23)31-18-30(21-36-15-14-29(38)20-36)42-34(43-31)28-7-2-6-27(17-28)26-5-1-4-24(16-26)19-35-32(39)8-3-9-33(40)41/h1-2,4-7,10-13,16-17,29-31,34,37-38H,3,8-9,14-15,18-22H2,(H,35,39)(H,40,41)/t29-,30+,31-,34-/m0/s1. The minimum Gasteiger partial charge on any atom is -0.481 e. The summed E-state index contributed by atoms with van der Waals surface area (Å²) < 4.78 is 13.1. The van der Waals surface area contributed by atoms with Crippen LogP contribution < -0.4 is 5.32 Å². The number of nitrogens with one attached hydrogen (secondary N) is 1. The maximum atomic E-state index is 12.1. The molecule has 3 aromatic carbocycles. The molecule has 0 aromatic heterocycles. The molecule has 9 nitrogen and oxygen atoms in total. The minimum absolute atomic E-state index is 0.00932. The smallest absolute Gasteiger partial charge is 0.303 e. The molecule has 43 heavy (non-hydrogen) atoms. The number of hydrogen-bond donors (Lipinski definition) is 4. The second-order valence-corrected chi connectivity index (χ2v) is 11.4. The summed E-state index contributed by atoms with van der Waals surface area (Å²) in [7, 11) is 0. The number of ether oxygens (including phenoxy) is 2. The predicted molar refractivity (Wildman–Crippen MR) is 161 cm³/mol. The molecule has 2 heterocycles. The van der Waals surface area contributed by atoms with Gasteiger partial charge in [0.15, 0.2) is 6.29 Å². The van der Waals surface area contributed by atoms with E-state index in [9.17, 15) is 19.8 Å². The van der Waals surface area contributed by atoms with Gasteiger partial charge in [-0.15, -0.1) is 0 Å². The first-order chi connectivity index (χ1) is 20.9. The molecule has 2 aliphatic heterocycles. The van der Waals surface area contributed by atoms with Crippen molar-refractivity contribution in [3.8, 4) is 11.1 Å². The normalized spacial score (nSPS) is 22.4. The van der Waals surface area contributed by atoms with Crippen molar-refractivity contribution >= 4 is 11.9 Å². The highest BCUT2D eigenvalue weighted by atomic mass is 16.7. The molecule has 0 bridgehead atoms. The van der Waals surface area contributed by atoms with Crippen LogP contribution in [0.3, 0.4) is 0 Å². The molecule has 9 heteroatoms. The molecular weight excluding hydrogens is 548 g/mol. The van der Waals surface area contributed by atoms with Crippen molar-refractivity contribution < 1.29 is 34.4 Å². The Morgan fingerprint density at radius 2 is 1.67 bits per heavy atom. The van der Waals surface area contributed by atoms with E-state index in [-0.39, 0.29) is 43.7 Å². The zero-order valence-electron chi connectivity index (χ0n) is 24.2. The summed E-state index contributed by atoms with van der Waals surface area (Å²) in [5.41, 5.74) is 5.71. The minimum atomic E-state index is -0.902. The van der Waals surface area contributed by atoms with E-state index in [1.54, 1.807) is 0 Å². The number of benzene rings is 3. The Morgan fingerprint density at radius 1 is 0.907 bits per heavy atom. The lowest BCUT2D eigenvalue weighted by molar-refractivity contribution is -0.252. The van der Waals surface area contributed by atoms with Crippen LogP contribution in [0.4, 0.5) is 0 Å². The topological polar surface area (TPSA) is 129 Å². The Labute approximate surface area is 252 Å². The molecule has 0 unspecified atom stereocenters. The molecule has 2 fully saturated rings. The number of nitrogens with zero attached hydrogens (tertiary/aromatic N) is 1. The molecule has 4 atom stereocenters. The number of aliphatic hydroxyl groups is 2. The number of hydrogen-bond acceptors (Lipinski definition) is 7. The lowest BCUT2D eigenvalue weighted by Crippen LogP contribution is -2.38. The van der Waals surface area contributed by atoms with E-state index < -0.39 is 12.3 Å². The predicted octanol–water partition coefficient (Wildman–Crippen LogP) is 4.33. The lowest BCUT2D eigenvalue weighted by Gasteiger charge is -2.38. The van der Waals surface area contributed by atoms with Crippen molar-refractivity contribution in [3.05, 3.63) is 95.1 Å². The highest BCUT2D eigenvalue weighted by Gasteiger charge is 2.34. The van der Waals surface area contributed by atoms with Crippen LogP contribution in [-0.2, 0) is 32.2 Å². The number of carbonyl (C=O) groups is 2. The molecule has 4 N–H and O–H groups in total. The van der Waals surface area contributed by atoms with Crippen molar-refractivity contribution in [2.75, 3.05) is 19.6 Å². The van der Waals surface area contributed by atoms with Gasteiger partial charge in [-0.1, -0.05) is 60.7 Å². The monoisotopic (exact) mass is 588 g/mol. The SMILES string of the molecule is O=C(O)CCCC(=O)NCc1cccc(-c2cccc([C@H]3O[C@@H](CN4CC[C@H](O)C4)C[C@@H](c4ccc(CO)cc4)O3)c2)c1. The van der Waals surface area contributed by atoms with Crippen molar-refractivity contribution in [2.24, 2.45) is 0 Å². The molecule has 228 valence electrons. The Bertz CT molecular complexity index is 1380. The molecule has 1 amide bonds. The molecule has 3 aromatic rings. The average molecular weight is 589 g/mol. The van der Waals surface area contributed by atoms with Crippen LogP contribution in [0, 0.1) is 0 Å². The first-order valence-corrected chi connectivity index (χ1v) is 14.9. The van der Waals surface area contributed by atoms with Crippen LogP contribution in [0.2, 0.25) is 0 Å². The Kier molecular flexibility index (Phi) is 10.6. The van der Waals surface area contributed by atoms with Crippen LogP contribution in [0.25, 0.3) is 11.1 Å². The van der Waals surface area contributed by atoms with Gasteiger partial charge in [-0.3, -0.25) is 14.5 Å². The first-order valence-electron chi connectivity index (χ1n) is 14.9. The molecular formula is C34H40N2O7. The van der Waals surface area contributed by atoms with Crippen molar-refractivity contribution in [1.82, 2.24) is 10.2 Å². The van der Waals surface area contributed by atoms with E-state index in [1.807, 2.05) is 66.7 Å². The molecule has 0 saturated carbocycles. The van der Waals surface area contributed by atoms with Crippen LogP contribution >= 0.6 is 0 Å². The molecule has 5 rings (SSSR count). The third-order valence-electron chi connectivity index (χ3n) is 8.03. The van der Waals surface area contributed by atoms with Gasteiger partial charge in [-0.2, -0.15) is 0 Å². The van der Waals surface area contributed by atoms with Gasteiger partial charge >= 0.3 is 5.97 Å². The highest BCUT2D eigenvalue weighted by molar-refractivity contribution is 5.76. The van der Waals surface area contributed by atoms with Crippen LogP contribution in [-0.4, -0.2) is 63.9 Å². The van der Waals surface area contributed by atoms with Crippen LogP contribution in [0.5, 0.6) is 0 Å². The maximum Gasteiger partial charge on any atom is 0.303 e. The van der Waals surface area contributed by atoms with E-state index in [1.165, 1.54) is 0 Å². The number of amides is 1. The van der Waals surface area contributed by atoms with Gasteiger partial charge < -0.3 is 30.1 Å². The van der Waals surface area contributed by atoms with Gasteiger partial charge in [-0.25, -0.2) is 0 Å². The fourth-order valence-electron chi connectivity index (χ4n) is 5.71. The zero-order chi connectivity index (χ0) is 30.2. The van der Waals surface area contributed by atoms with Gasteiger partial charge in [0.2, 0.25) is 5.91 Å². The molecule has 0 aliphatic carbocycles. The number of aliphatic carboxylic acids is 1. The quantitative estimate of drug-likeness (QED) is 0.246. The number of carboxylic acid groups (broad SMARTS) is 1. The van der Waals surface area contributed by atoms with E-state index in [0.717, 1.165) is 46.3 Å². The molecule has 2 aliphatic rings. The lowest BCUT2D eigenvalue weighted by atomic mass is 9.98. The van der Waals surface area contributed by atoms with Gasteiger partial charge in [0.1, 0.15) is 0 Å². The van der Waals surface area contributed by atoms with Gasteiger partial charge in [0.25, 0.3) is 0 Å². The molecule has 2 saturated heterocycles. The number of carbonyl (C=O) groups excluding carboxylic acids is 1. The first kappa shape index (κ1) is 30.8. The molecule has 0 radical (unpaired) electrons. The summed E-state index contributed by atoms with van der Waals surface area (Å²) in [4.78, 5) is 25.1. The number of likely N-dealkylation sites (tertiary alicyclic amines) is 1. The Morgan fingerprint density at radius 3 is 2.40 bits per heavy atom. The number of rotatable bonds is 12. The van der Waals surface area contributed by atoms with Crippen molar-refractivity contribution in [3.63, 3.8) is 0 Å². The highest BCUT2D eigenvalue weighted by Crippen LogP contribution is 2.39. The summed E-state index contributed by atoms with van der Waals surface area (Å²) >= 11 is 0. The van der Waals surface area contributed by atoms with Gasteiger partial charge in [-0.05, 0) is 52.8 Å². The summed E-state index contributed by atoms with van der Waals surface area (Å²) in [6.07, 6.45) is 0.785. The summed E-state index contributed by atoms with van der Waals surface area (Å²) in [6.45, 7) is 2.56. The van der Waals surface area contributed by atoms with E-state index in [2.05, 4.69) is 16.3 Å². The second-order valence-electron chi connectivity index (χ2n) is 11.4. The van der Waals surface area contributed by atoms with E-state index in [4.69, 9.17) is 14.6 Å².